The molecule has 2 atom stereocenters. The third-order valence-corrected chi connectivity index (χ3v) is 20.8. The van der Waals surface area contributed by atoms with Crippen LogP contribution >= 0.6 is 7.82 Å². The highest BCUT2D eigenvalue weighted by molar-refractivity contribution is 7.47. The monoisotopic (exact) mass is 1430 g/mol. The average Bonchev–Trinajstić information content (AvgIpc) is 1.04. The second-order valence-corrected chi connectivity index (χ2v) is 31.2. The van der Waals surface area contributed by atoms with Gasteiger partial charge in [0, 0.05) is 19.4 Å². The molecule has 0 aromatic carbocycles. The van der Waals surface area contributed by atoms with E-state index in [-0.39, 0.29) is 38.6 Å². The number of esters is 2. The summed E-state index contributed by atoms with van der Waals surface area (Å²) in [7, 11) is -4.40. The summed E-state index contributed by atoms with van der Waals surface area (Å²) in [4.78, 5) is 35.5. The highest BCUT2D eigenvalue weighted by atomic mass is 31.2. The number of carbonyl (C=O) groups excluding carboxylic acids is 2. The lowest BCUT2D eigenvalue weighted by Crippen LogP contribution is -2.29. The van der Waals surface area contributed by atoms with Crippen molar-refractivity contribution in [1.82, 2.24) is 0 Å². The van der Waals surface area contributed by atoms with E-state index in [1.807, 2.05) is 0 Å². The smallest absolute Gasteiger partial charge is 0.462 e. The molecule has 2 unspecified atom stereocenters. The number of rotatable bonds is 84. The molecule has 0 radical (unpaired) electrons. The van der Waals surface area contributed by atoms with Gasteiger partial charge >= 0.3 is 19.8 Å². The maximum Gasteiger partial charge on any atom is 0.472 e. The number of phosphoric ester groups is 1. The minimum atomic E-state index is -4.40. The summed E-state index contributed by atoms with van der Waals surface area (Å²) in [5, 5.41) is 0. The Morgan fingerprint density at radius 2 is 0.545 bits per heavy atom. The van der Waals surface area contributed by atoms with Crippen LogP contribution in [0, 0.1) is 0 Å². The van der Waals surface area contributed by atoms with Gasteiger partial charge in [0.2, 0.25) is 0 Å². The Hall–Kier alpha value is -2.81. The van der Waals surface area contributed by atoms with Crippen molar-refractivity contribution >= 4 is 19.8 Å². The fraction of sp³-hybridized carbons (Fsp3) is 0.824. The van der Waals surface area contributed by atoms with E-state index in [0.29, 0.717) is 6.42 Å². The average molecular weight is 1440 g/mol. The molecule has 0 spiro atoms. The van der Waals surface area contributed by atoms with E-state index in [9.17, 15) is 19.0 Å². The molecule has 0 heterocycles. The van der Waals surface area contributed by atoms with Crippen molar-refractivity contribution < 1.29 is 37.6 Å². The van der Waals surface area contributed by atoms with E-state index in [1.165, 1.54) is 340 Å². The Balaban J connectivity index is 3.73. The Morgan fingerprint density at radius 3 is 0.812 bits per heavy atom. The largest absolute Gasteiger partial charge is 0.472 e. The van der Waals surface area contributed by atoms with Crippen LogP contribution in [0.15, 0.2) is 85.1 Å². The van der Waals surface area contributed by atoms with E-state index in [0.717, 1.165) is 77.0 Å². The lowest BCUT2D eigenvalue weighted by molar-refractivity contribution is -0.161. The highest BCUT2D eigenvalue weighted by Crippen LogP contribution is 2.43. The van der Waals surface area contributed by atoms with Gasteiger partial charge in [0.25, 0.3) is 0 Å². The molecule has 0 aromatic heterocycles. The second-order valence-electron chi connectivity index (χ2n) is 29.7. The summed E-state index contributed by atoms with van der Waals surface area (Å²) >= 11 is 0. The van der Waals surface area contributed by atoms with Crippen LogP contribution in [0.3, 0.4) is 0 Å². The number of allylic oxidation sites excluding steroid dienone is 14. The quantitative estimate of drug-likeness (QED) is 0.0264. The van der Waals surface area contributed by atoms with Gasteiger partial charge in [0.15, 0.2) is 6.10 Å². The molecule has 0 amide bonds. The van der Waals surface area contributed by atoms with E-state index >= 15 is 0 Å². The molecule has 0 aliphatic carbocycles. The van der Waals surface area contributed by atoms with Gasteiger partial charge in [-0.15, -0.1) is 0 Å². The Morgan fingerprint density at radius 1 is 0.307 bits per heavy atom. The van der Waals surface area contributed by atoms with Crippen LogP contribution in [0.5, 0.6) is 0 Å². The van der Waals surface area contributed by atoms with Gasteiger partial charge in [-0.2, -0.15) is 0 Å². The third kappa shape index (κ3) is 86.0. The Bertz CT molecular complexity index is 1940. The van der Waals surface area contributed by atoms with Crippen molar-refractivity contribution in [3.8, 4) is 0 Å². The molecule has 10 heteroatoms. The van der Waals surface area contributed by atoms with Gasteiger partial charge in [0.05, 0.1) is 13.2 Å². The minimum Gasteiger partial charge on any atom is -0.462 e. The van der Waals surface area contributed by atoms with Gasteiger partial charge in [0.1, 0.15) is 6.61 Å². The first-order chi connectivity index (χ1) is 49.8. The Kier molecular flexibility index (Phi) is 83.7. The summed E-state index contributed by atoms with van der Waals surface area (Å²) < 4.78 is 33.3. The van der Waals surface area contributed by atoms with Crippen LogP contribution in [0.2, 0.25) is 0 Å². The third-order valence-electron chi connectivity index (χ3n) is 19.8. The number of nitrogens with two attached hydrogens (primary N) is 1. The molecule has 101 heavy (non-hydrogen) atoms. The molecular weight excluding hydrogens is 1270 g/mol. The van der Waals surface area contributed by atoms with Crippen LogP contribution in [0.1, 0.15) is 450 Å². The van der Waals surface area contributed by atoms with Gasteiger partial charge in [-0.1, -0.05) is 452 Å². The normalized spacial score (nSPS) is 13.2. The lowest BCUT2D eigenvalue weighted by Gasteiger charge is -2.19. The van der Waals surface area contributed by atoms with Gasteiger partial charge in [-0.25, -0.2) is 4.57 Å². The van der Waals surface area contributed by atoms with Gasteiger partial charge < -0.3 is 20.1 Å². The summed E-state index contributed by atoms with van der Waals surface area (Å²) in [6.45, 7) is 3.71. The van der Waals surface area contributed by atoms with Crippen LogP contribution in [-0.2, 0) is 32.7 Å². The highest BCUT2D eigenvalue weighted by Gasteiger charge is 2.26. The van der Waals surface area contributed by atoms with Crippen LogP contribution in [0.25, 0.3) is 0 Å². The number of carbonyl (C=O) groups is 2. The van der Waals surface area contributed by atoms with E-state index in [2.05, 4.69) is 98.9 Å². The Labute approximate surface area is 627 Å². The molecule has 9 nitrogen and oxygen atoms in total. The van der Waals surface area contributed by atoms with Crippen LogP contribution in [-0.4, -0.2) is 49.3 Å². The topological polar surface area (TPSA) is 134 Å². The molecule has 0 aliphatic heterocycles. The molecule has 0 saturated heterocycles. The van der Waals surface area contributed by atoms with Crippen molar-refractivity contribution in [3.63, 3.8) is 0 Å². The first kappa shape index (κ1) is 98.2. The van der Waals surface area contributed by atoms with E-state index in [1.54, 1.807) is 0 Å². The molecule has 590 valence electrons. The molecule has 0 bridgehead atoms. The number of hydrogen-bond donors (Lipinski definition) is 2. The number of ether oxygens (including phenoxy) is 2. The summed E-state index contributed by atoms with van der Waals surface area (Å²) in [5.41, 5.74) is 5.42. The number of unbranched alkanes of at least 4 members (excludes halogenated alkanes) is 57. The maximum absolute atomic E-state index is 12.8. The molecule has 0 aromatic rings. The predicted molar refractivity (Wildman–Crippen MR) is 441 cm³/mol. The molecule has 0 aliphatic rings. The predicted octanol–water partition coefficient (Wildman–Crippen LogP) is 30.0. The number of hydrogen-bond acceptors (Lipinski definition) is 8. The first-order valence-electron chi connectivity index (χ1n) is 44.1. The van der Waals surface area contributed by atoms with Crippen molar-refractivity contribution in [1.29, 1.82) is 0 Å². The zero-order valence-corrected chi connectivity index (χ0v) is 67.8. The van der Waals surface area contributed by atoms with E-state index in [4.69, 9.17) is 24.3 Å². The lowest BCUT2D eigenvalue weighted by atomic mass is 10.0. The van der Waals surface area contributed by atoms with Crippen molar-refractivity contribution in [2.45, 2.75) is 457 Å². The zero-order chi connectivity index (χ0) is 72.9. The van der Waals surface area contributed by atoms with E-state index < -0.39 is 26.5 Å². The second kappa shape index (κ2) is 86.1. The molecule has 3 N–H and O–H groups in total. The summed E-state index contributed by atoms with van der Waals surface area (Å²) in [5.74, 6) is -0.804. The molecule has 0 rings (SSSR count). The summed E-state index contributed by atoms with van der Waals surface area (Å²) in [6, 6.07) is 0. The van der Waals surface area contributed by atoms with Gasteiger partial charge in [-0.3, -0.25) is 18.6 Å². The maximum atomic E-state index is 12.8. The van der Waals surface area contributed by atoms with Crippen molar-refractivity contribution in [3.05, 3.63) is 85.1 Å². The first-order valence-corrected chi connectivity index (χ1v) is 45.6. The van der Waals surface area contributed by atoms with Crippen LogP contribution in [0.4, 0.5) is 0 Å². The van der Waals surface area contributed by atoms with Crippen molar-refractivity contribution in [2.75, 3.05) is 26.4 Å². The molecule has 0 saturated carbocycles. The van der Waals surface area contributed by atoms with Crippen LogP contribution < -0.4 is 5.73 Å². The zero-order valence-electron chi connectivity index (χ0n) is 66.9. The minimum absolute atomic E-state index is 0.0545. The SMILES string of the molecule is CC/C=C\C/C=C\C/C=C\C/C=C\C/C=C\C/C=C\C/C=C\CCCCCCCCCCCCCCCCCCCCCC(=O)OC(COC(=O)CCCCCCCCCCCCCCCCCCCCCCCCCCCCCCCCCCCCCCCCC)COP(=O)(O)OCCN. The fourth-order valence-electron chi connectivity index (χ4n) is 13.3. The summed E-state index contributed by atoms with van der Waals surface area (Å²) in [6.07, 6.45) is 118. The molecule has 0 fully saturated rings. The number of phosphoric acid groups is 1. The van der Waals surface area contributed by atoms with Gasteiger partial charge in [-0.05, 0) is 70.6 Å². The standard InChI is InChI=1S/C91H168NO8P/c1-3-5-7-9-11-13-15-17-19-21-23-25-27-29-31-33-35-37-39-41-43-44-46-48-50-52-54-56-58-60-62-64-66-68-70-72-74-76-78-80-82-84-91(94)100-89(88-99-101(95,96)98-86-85-92)87-97-90(93)83-81-79-77-75-73-71-69-67-65-63-61-59-57-55-53-51-49-47-45-42-40-38-36-34-32-30-28-26-24-22-20-18-16-14-12-10-8-6-4-2/h5,7,11,13,17,19,23,25,29,31,35,37,41,43,89H,3-4,6,8-10,12,14-16,18,20-22,24,26-28,30,32-34,36,38-40,42,44-88,92H2,1-2H3,(H,95,96)/b7-5-,13-11-,19-17-,25-23-,31-29-,37-35-,43-41-. The fourth-order valence-corrected chi connectivity index (χ4v) is 14.1. The van der Waals surface area contributed by atoms with Crippen molar-refractivity contribution in [2.24, 2.45) is 5.73 Å². The molecular formula is C91H168NO8P.